The number of likely N-dealkylation sites (N-methyl/N-ethyl adjacent to an activating group) is 1. The van der Waals surface area contributed by atoms with Crippen LogP contribution in [0.25, 0.3) is 0 Å². The first-order valence-corrected chi connectivity index (χ1v) is 6.47. The minimum absolute atomic E-state index is 0.396. The summed E-state index contributed by atoms with van der Waals surface area (Å²) in [6, 6.07) is 10.7. The lowest BCUT2D eigenvalue weighted by Gasteiger charge is -2.28. The highest BCUT2D eigenvalue weighted by Crippen LogP contribution is 2.21. The van der Waals surface area contributed by atoms with Crippen LogP contribution in [0.3, 0.4) is 0 Å². The molecule has 2 nitrogen and oxygen atoms in total. The molecule has 0 heterocycles. The number of hydrogen-bond acceptors (Lipinski definition) is 2. The molecule has 1 N–H and O–H groups in total. The molecule has 0 spiro atoms. The Morgan fingerprint density at radius 1 is 1.06 bits per heavy atom. The molecule has 0 aliphatic carbocycles. The van der Waals surface area contributed by atoms with E-state index in [-0.39, 0.29) is 0 Å². The largest absolute Gasteiger partial charge is 0.370 e. The van der Waals surface area contributed by atoms with Gasteiger partial charge in [-0.05, 0) is 31.0 Å². The van der Waals surface area contributed by atoms with Crippen LogP contribution in [0, 0.1) is 5.41 Å². The maximum atomic E-state index is 3.22. The SMILES string of the molecule is CNCCN(CCC(C)(C)C)c1ccccc1. The highest BCUT2D eigenvalue weighted by molar-refractivity contribution is 5.45. The molecule has 1 aromatic rings. The van der Waals surface area contributed by atoms with Crippen LogP contribution in [0.4, 0.5) is 5.69 Å². The van der Waals surface area contributed by atoms with E-state index in [0.717, 1.165) is 19.6 Å². The van der Waals surface area contributed by atoms with Gasteiger partial charge in [0.15, 0.2) is 0 Å². The number of hydrogen-bond donors (Lipinski definition) is 1. The Labute approximate surface area is 106 Å². The molecular formula is C15H26N2. The summed E-state index contributed by atoms with van der Waals surface area (Å²) < 4.78 is 0. The molecule has 17 heavy (non-hydrogen) atoms. The van der Waals surface area contributed by atoms with Crippen molar-refractivity contribution in [3.63, 3.8) is 0 Å². The number of para-hydroxylation sites is 1. The van der Waals surface area contributed by atoms with Gasteiger partial charge in [0.1, 0.15) is 0 Å². The van der Waals surface area contributed by atoms with Crippen LogP contribution < -0.4 is 10.2 Å². The van der Waals surface area contributed by atoms with E-state index in [2.05, 4.69) is 61.3 Å². The molecule has 0 saturated heterocycles. The monoisotopic (exact) mass is 234 g/mol. The Morgan fingerprint density at radius 3 is 2.24 bits per heavy atom. The minimum Gasteiger partial charge on any atom is -0.370 e. The first-order chi connectivity index (χ1) is 8.03. The zero-order chi connectivity index (χ0) is 12.7. The average molecular weight is 234 g/mol. The molecular weight excluding hydrogens is 208 g/mol. The number of nitrogens with one attached hydrogen (secondary N) is 1. The van der Waals surface area contributed by atoms with Gasteiger partial charge in [0.05, 0.1) is 0 Å². The summed E-state index contributed by atoms with van der Waals surface area (Å²) in [4.78, 5) is 2.46. The molecule has 0 unspecified atom stereocenters. The quantitative estimate of drug-likeness (QED) is 0.813. The average Bonchev–Trinajstić information content (AvgIpc) is 2.29. The molecule has 96 valence electrons. The summed E-state index contributed by atoms with van der Waals surface area (Å²) in [5.41, 5.74) is 1.72. The van der Waals surface area contributed by atoms with Gasteiger partial charge >= 0.3 is 0 Å². The first-order valence-electron chi connectivity index (χ1n) is 6.47. The molecule has 0 aliphatic heterocycles. The number of nitrogens with zero attached hydrogens (tertiary/aromatic N) is 1. The number of anilines is 1. The Morgan fingerprint density at radius 2 is 1.71 bits per heavy atom. The highest BCUT2D eigenvalue weighted by Gasteiger charge is 2.13. The highest BCUT2D eigenvalue weighted by atomic mass is 15.1. The molecule has 1 rings (SSSR count). The van der Waals surface area contributed by atoms with Gasteiger partial charge in [-0.2, -0.15) is 0 Å². The van der Waals surface area contributed by atoms with E-state index in [1.807, 2.05) is 7.05 Å². The molecule has 0 atom stereocenters. The van der Waals surface area contributed by atoms with Gasteiger partial charge < -0.3 is 10.2 Å². The third kappa shape index (κ3) is 5.73. The Hall–Kier alpha value is -1.02. The van der Waals surface area contributed by atoms with Crippen LogP contribution in [0.5, 0.6) is 0 Å². The van der Waals surface area contributed by atoms with Gasteiger partial charge in [-0.1, -0.05) is 39.0 Å². The van der Waals surface area contributed by atoms with E-state index in [1.165, 1.54) is 12.1 Å². The normalized spacial score (nSPS) is 11.5. The van der Waals surface area contributed by atoms with Crippen molar-refractivity contribution < 1.29 is 0 Å². The number of rotatable bonds is 6. The van der Waals surface area contributed by atoms with E-state index in [1.54, 1.807) is 0 Å². The Balaban J connectivity index is 2.61. The van der Waals surface area contributed by atoms with Gasteiger partial charge in [-0.3, -0.25) is 0 Å². The Kier molecular flexibility index (Phi) is 5.49. The van der Waals surface area contributed by atoms with Gasteiger partial charge in [0.25, 0.3) is 0 Å². The van der Waals surface area contributed by atoms with E-state index in [4.69, 9.17) is 0 Å². The van der Waals surface area contributed by atoms with E-state index in [0.29, 0.717) is 5.41 Å². The second-order valence-corrected chi connectivity index (χ2v) is 5.74. The van der Waals surface area contributed by atoms with Crippen molar-refractivity contribution in [2.45, 2.75) is 27.2 Å². The molecule has 0 radical (unpaired) electrons. The zero-order valence-electron chi connectivity index (χ0n) is 11.7. The predicted octanol–water partition coefficient (Wildman–Crippen LogP) is 3.15. The van der Waals surface area contributed by atoms with Crippen LogP contribution >= 0.6 is 0 Å². The van der Waals surface area contributed by atoms with Crippen molar-refractivity contribution in [2.75, 3.05) is 31.6 Å². The van der Waals surface area contributed by atoms with Gasteiger partial charge in [0.2, 0.25) is 0 Å². The fourth-order valence-corrected chi connectivity index (χ4v) is 1.73. The molecule has 0 bridgehead atoms. The summed E-state index contributed by atoms with van der Waals surface area (Å²) in [5, 5.41) is 3.22. The van der Waals surface area contributed by atoms with Crippen molar-refractivity contribution in [3.8, 4) is 0 Å². The van der Waals surface area contributed by atoms with Crippen molar-refractivity contribution in [1.82, 2.24) is 5.32 Å². The third-order valence-corrected chi connectivity index (χ3v) is 2.88. The summed E-state index contributed by atoms with van der Waals surface area (Å²) in [7, 11) is 2.01. The molecule has 0 aliphatic rings. The second-order valence-electron chi connectivity index (χ2n) is 5.74. The van der Waals surface area contributed by atoms with Crippen LogP contribution in [0.1, 0.15) is 27.2 Å². The van der Waals surface area contributed by atoms with Gasteiger partial charge in [0, 0.05) is 25.3 Å². The topological polar surface area (TPSA) is 15.3 Å². The minimum atomic E-state index is 0.396. The van der Waals surface area contributed by atoms with Crippen LogP contribution in [0.15, 0.2) is 30.3 Å². The molecule has 1 aromatic carbocycles. The van der Waals surface area contributed by atoms with E-state index < -0.39 is 0 Å². The van der Waals surface area contributed by atoms with E-state index >= 15 is 0 Å². The number of benzene rings is 1. The summed E-state index contributed by atoms with van der Waals surface area (Å²) in [6.07, 6.45) is 1.21. The van der Waals surface area contributed by atoms with E-state index in [9.17, 15) is 0 Å². The molecule has 0 amide bonds. The van der Waals surface area contributed by atoms with Crippen molar-refractivity contribution in [2.24, 2.45) is 5.41 Å². The van der Waals surface area contributed by atoms with Crippen LogP contribution in [-0.4, -0.2) is 26.7 Å². The second kappa shape index (κ2) is 6.65. The molecule has 2 heteroatoms. The molecule has 0 fully saturated rings. The van der Waals surface area contributed by atoms with Gasteiger partial charge in [-0.15, -0.1) is 0 Å². The zero-order valence-corrected chi connectivity index (χ0v) is 11.7. The van der Waals surface area contributed by atoms with Crippen molar-refractivity contribution in [1.29, 1.82) is 0 Å². The van der Waals surface area contributed by atoms with Gasteiger partial charge in [-0.25, -0.2) is 0 Å². The maximum Gasteiger partial charge on any atom is 0.0366 e. The first kappa shape index (κ1) is 14.0. The lowest BCUT2D eigenvalue weighted by Crippen LogP contribution is -2.33. The van der Waals surface area contributed by atoms with Crippen LogP contribution in [0.2, 0.25) is 0 Å². The third-order valence-electron chi connectivity index (χ3n) is 2.88. The molecule has 0 saturated carbocycles. The summed E-state index contributed by atoms with van der Waals surface area (Å²) in [5.74, 6) is 0. The Bertz CT molecular complexity index is 300. The summed E-state index contributed by atoms with van der Waals surface area (Å²) >= 11 is 0. The smallest absolute Gasteiger partial charge is 0.0366 e. The summed E-state index contributed by atoms with van der Waals surface area (Å²) in [6.45, 7) is 10.1. The fourth-order valence-electron chi connectivity index (χ4n) is 1.73. The van der Waals surface area contributed by atoms with Crippen LogP contribution in [-0.2, 0) is 0 Å². The van der Waals surface area contributed by atoms with Crippen molar-refractivity contribution >= 4 is 5.69 Å². The predicted molar refractivity (Wildman–Crippen MR) is 76.7 cm³/mol. The molecule has 0 aromatic heterocycles. The lowest BCUT2D eigenvalue weighted by atomic mass is 9.92. The lowest BCUT2D eigenvalue weighted by molar-refractivity contribution is 0.378. The van der Waals surface area contributed by atoms with Crippen molar-refractivity contribution in [3.05, 3.63) is 30.3 Å². The maximum absolute atomic E-state index is 3.22. The standard InChI is InChI=1S/C15H26N2/c1-15(2,3)10-12-17(13-11-16-4)14-8-6-5-7-9-14/h5-9,16H,10-13H2,1-4H3. The fraction of sp³-hybridized carbons (Fsp3) is 0.600.